The molecular formula is C15H16N6O2S. The largest absolute Gasteiger partial charge is 0.379 e. The van der Waals surface area contributed by atoms with Crippen LogP contribution in [0, 0.1) is 10.1 Å². The van der Waals surface area contributed by atoms with Crippen molar-refractivity contribution in [2.24, 2.45) is 10.8 Å². The molecule has 124 valence electrons. The molecule has 9 heteroatoms. The van der Waals surface area contributed by atoms with Crippen LogP contribution in [0.1, 0.15) is 11.1 Å². The van der Waals surface area contributed by atoms with E-state index in [4.69, 9.17) is 5.73 Å². The van der Waals surface area contributed by atoms with Gasteiger partial charge < -0.3 is 11.1 Å². The minimum Gasteiger partial charge on any atom is -0.379 e. The van der Waals surface area contributed by atoms with Gasteiger partial charge in [-0.15, -0.1) is 0 Å². The van der Waals surface area contributed by atoms with Gasteiger partial charge in [0.1, 0.15) is 5.69 Å². The minimum absolute atomic E-state index is 0.0226. The lowest BCUT2D eigenvalue weighted by Gasteiger charge is -2.07. The van der Waals surface area contributed by atoms with E-state index in [9.17, 15) is 10.1 Å². The predicted molar refractivity (Wildman–Crippen MR) is 97.0 cm³/mol. The summed E-state index contributed by atoms with van der Waals surface area (Å²) in [6.45, 7) is 0.559. The highest BCUT2D eigenvalue weighted by atomic mass is 32.1. The summed E-state index contributed by atoms with van der Waals surface area (Å²) in [5.41, 5.74) is 9.68. The molecule has 0 spiro atoms. The molecule has 0 unspecified atom stereocenters. The van der Waals surface area contributed by atoms with Gasteiger partial charge in [-0.1, -0.05) is 12.1 Å². The molecule has 2 rings (SSSR count). The molecule has 0 aliphatic rings. The summed E-state index contributed by atoms with van der Waals surface area (Å²) in [7, 11) is 0. The van der Waals surface area contributed by atoms with Crippen molar-refractivity contribution in [3.05, 3.63) is 64.0 Å². The first-order valence-electron chi connectivity index (χ1n) is 7.06. The molecule has 0 fully saturated rings. The van der Waals surface area contributed by atoms with Crippen LogP contribution >= 0.6 is 12.2 Å². The Labute approximate surface area is 143 Å². The number of benzene rings is 1. The second-order valence-electron chi connectivity index (χ2n) is 4.81. The van der Waals surface area contributed by atoms with Gasteiger partial charge in [-0.3, -0.25) is 20.5 Å². The Morgan fingerprint density at radius 1 is 1.46 bits per heavy atom. The maximum Gasteiger partial charge on any atom is 0.292 e. The Bertz CT molecular complexity index is 751. The number of nitrogens with one attached hydrogen (secondary N) is 2. The molecule has 1 aromatic carbocycles. The molecular weight excluding hydrogens is 328 g/mol. The molecule has 1 heterocycles. The average molecular weight is 344 g/mol. The lowest BCUT2D eigenvalue weighted by molar-refractivity contribution is -0.384. The van der Waals surface area contributed by atoms with Crippen molar-refractivity contribution in [3.8, 4) is 0 Å². The normalized spacial score (nSPS) is 10.5. The number of pyridine rings is 1. The lowest BCUT2D eigenvalue weighted by Crippen LogP contribution is -2.23. The molecule has 0 atom stereocenters. The Morgan fingerprint density at radius 3 is 2.96 bits per heavy atom. The van der Waals surface area contributed by atoms with E-state index in [1.54, 1.807) is 24.5 Å². The van der Waals surface area contributed by atoms with E-state index in [0.29, 0.717) is 24.2 Å². The van der Waals surface area contributed by atoms with Gasteiger partial charge in [-0.2, -0.15) is 5.10 Å². The zero-order valence-corrected chi connectivity index (χ0v) is 13.5. The van der Waals surface area contributed by atoms with Crippen LogP contribution in [0.15, 0.2) is 47.8 Å². The van der Waals surface area contributed by atoms with Crippen molar-refractivity contribution < 1.29 is 4.92 Å². The minimum atomic E-state index is -0.440. The number of rotatable bonds is 7. The summed E-state index contributed by atoms with van der Waals surface area (Å²) in [5, 5.41) is 18.1. The quantitative estimate of drug-likeness (QED) is 0.303. The molecule has 0 saturated carbocycles. The predicted octanol–water partition coefficient (Wildman–Crippen LogP) is 1.81. The number of thiocarbonyl (C=S) groups is 1. The van der Waals surface area contributed by atoms with E-state index < -0.39 is 4.92 Å². The molecule has 0 bridgehead atoms. The topological polar surface area (TPSA) is 118 Å². The van der Waals surface area contributed by atoms with Crippen molar-refractivity contribution in [1.82, 2.24) is 10.4 Å². The third-order valence-electron chi connectivity index (χ3n) is 3.06. The fraction of sp³-hybridized carbons (Fsp3) is 0.133. The zero-order chi connectivity index (χ0) is 17.4. The third-order valence-corrected chi connectivity index (χ3v) is 3.15. The molecule has 0 amide bonds. The fourth-order valence-corrected chi connectivity index (χ4v) is 2.04. The number of nitro benzene ring substituents is 1. The number of hydrogen-bond donors (Lipinski definition) is 3. The highest BCUT2D eigenvalue weighted by Crippen LogP contribution is 2.25. The standard InChI is InChI=1S/C15H16N6O2S/c16-15(24)20-19-10-12-3-4-13(14(8-12)21(22)23)18-7-5-11-2-1-6-17-9-11/h1-4,6,8-10,18H,5,7H2,(H3,16,20,24)/b19-10+. The fourth-order valence-electron chi connectivity index (χ4n) is 1.99. The van der Waals surface area contributed by atoms with Crippen LogP contribution in [0.4, 0.5) is 11.4 Å². The highest BCUT2D eigenvalue weighted by Gasteiger charge is 2.13. The van der Waals surface area contributed by atoms with Gasteiger partial charge in [0.05, 0.1) is 11.1 Å². The lowest BCUT2D eigenvalue weighted by atomic mass is 10.1. The van der Waals surface area contributed by atoms with Crippen LogP contribution in [-0.4, -0.2) is 27.8 Å². The van der Waals surface area contributed by atoms with Crippen LogP contribution in [0.3, 0.4) is 0 Å². The van der Waals surface area contributed by atoms with Crippen molar-refractivity contribution >= 4 is 34.9 Å². The number of anilines is 1. The van der Waals surface area contributed by atoms with Crippen LogP contribution in [0.25, 0.3) is 0 Å². The number of aromatic nitrogens is 1. The number of hydrazone groups is 1. The van der Waals surface area contributed by atoms with Gasteiger partial charge in [0.15, 0.2) is 5.11 Å². The third kappa shape index (κ3) is 5.29. The second kappa shape index (κ2) is 8.53. The molecule has 0 aliphatic heterocycles. The van der Waals surface area contributed by atoms with Crippen LogP contribution in [0.2, 0.25) is 0 Å². The molecule has 24 heavy (non-hydrogen) atoms. The van der Waals surface area contributed by atoms with E-state index in [1.807, 2.05) is 12.1 Å². The maximum atomic E-state index is 11.2. The number of nitrogens with zero attached hydrogens (tertiary/aromatic N) is 3. The van der Waals surface area contributed by atoms with Crippen molar-refractivity contribution in [1.29, 1.82) is 0 Å². The zero-order valence-electron chi connectivity index (χ0n) is 12.7. The van der Waals surface area contributed by atoms with Crippen molar-refractivity contribution in [3.63, 3.8) is 0 Å². The van der Waals surface area contributed by atoms with E-state index >= 15 is 0 Å². The van der Waals surface area contributed by atoms with E-state index in [2.05, 4.69) is 33.0 Å². The summed E-state index contributed by atoms with van der Waals surface area (Å²) < 4.78 is 0. The maximum absolute atomic E-state index is 11.2. The smallest absolute Gasteiger partial charge is 0.292 e. The number of nitro groups is 1. The Morgan fingerprint density at radius 2 is 2.29 bits per heavy atom. The van der Waals surface area contributed by atoms with E-state index in [0.717, 1.165) is 5.56 Å². The summed E-state index contributed by atoms with van der Waals surface area (Å²) in [4.78, 5) is 14.8. The first kappa shape index (κ1) is 17.3. The molecule has 0 aliphatic carbocycles. The molecule has 0 radical (unpaired) electrons. The second-order valence-corrected chi connectivity index (χ2v) is 5.25. The highest BCUT2D eigenvalue weighted by molar-refractivity contribution is 7.80. The van der Waals surface area contributed by atoms with Crippen LogP contribution < -0.4 is 16.5 Å². The molecule has 8 nitrogen and oxygen atoms in total. The van der Waals surface area contributed by atoms with Crippen molar-refractivity contribution in [2.45, 2.75) is 6.42 Å². The van der Waals surface area contributed by atoms with Gasteiger partial charge in [-0.25, -0.2) is 0 Å². The summed E-state index contributed by atoms with van der Waals surface area (Å²) in [6.07, 6.45) is 5.59. The molecule has 4 N–H and O–H groups in total. The monoisotopic (exact) mass is 344 g/mol. The van der Waals surface area contributed by atoms with Gasteiger partial charge in [0.25, 0.3) is 5.69 Å². The van der Waals surface area contributed by atoms with Gasteiger partial charge in [-0.05, 0) is 36.3 Å². The molecule has 0 saturated heterocycles. The summed E-state index contributed by atoms with van der Waals surface area (Å²) in [6, 6.07) is 8.59. The van der Waals surface area contributed by atoms with Crippen LogP contribution in [0.5, 0.6) is 0 Å². The Hall–Kier alpha value is -3.07. The van der Waals surface area contributed by atoms with Gasteiger partial charge in [0, 0.05) is 30.6 Å². The Balaban J connectivity index is 2.04. The van der Waals surface area contributed by atoms with Crippen LogP contribution in [-0.2, 0) is 6.42 Å². The first-order chi connectivity index (χ1) is 11.6. The first-order valence-corrected chi connectivity index (χ1v) is 7.47. The molecule has 1 aromatic heterocycles. The van der Waals surface area contributed by atoms with Gasteiger partial charge >= 0.3 is 0 Å². The molecule has 2 aromatic rings. The van der Waals surface area contributed by atoms with E-state index in [1.165, 1.54) is 12.3 Å². The summed E-state index contributed by atoms with van der Waals surface area (Å²) in [5.74, 6) is 0. The SMILES string of the molecule is NC(=S)N/N=C/c1ccc(NCCc2cccnc2)c([N+](=O)[O-])c1. The summed E-state index contributed by atoms with van der Waals surface area (Å²) >= 11 is 4.62. The Kier molecular flexibility index (Phi) is 6.15. The number of nitrogens with two attached hydrogens (primary N) is 1. The average Bonchev–Trinajstić information content (AvgIpc) is 2.56. The van der Waals surface area contributed by atoms with Gasteiger partial charge in [0.2, 0.25) is 0 Å². The van der Waals surface area contributed by atoms with Crippen molar-refractivity contribution in [2.75, 3.05) is 11.9 Å². The number of hydrogen-bond acceptors (Lipinski definition) is 6. The van der Waals surface area contributed by atoms with E-state index in [-0.39, 0.29) is 10.8 Å².